The molecule has 2 aromatic rings. The fraction of sp³-hybridized carbons (Fsp3) is 0.133. The van der Waals surface area contributed by atoms with Crippen molar-refractivity contribution in [3.8, 4) is 5.75 Å². The molecule has 0 bridgehead atoms. The largest absolute Gasteiger partial charge is 0.484 e. The number of ether oxygens (including phenoxy) is 1. The molecular formula is C15H14Cl2N2O4S. The molecule has 0 saturated heterocycles. The highest BCUT2D eigenvalue weighted by Gasteiger charge is 2.13. The summed E-state index contributed by atoms with van der Waals surface area (Å²) in [6, 6.07) is 8.98. The normalized spacial score (nSPS) is 11.2. The fourth-order valence-corrected chi connectivity index (χ4v) is 3.26. The summed E-state index contributed by atoms with van der Waals surface area (Å²) in [5.41, 5.74) is 0.780. The Hall–Kier alpha value is -1.80. The molecule has 128 valence electrons. The highest BCUT2D eigenvalue weighted by Crippen LogP contribution is 2.24. The van der Waals surface area contributed by atoms with Gasteiger partial charge in [0.1, 0.15) is 5.75 Å². The van der Waals surface area contributed by atoms with E-state index in [0.29, 0.717) is 27.0 Å². The molecule has 0 atom stereocenters. The van der Waals surface area contributed by atoms with Crippen molar-refractivity contribution in [1.29, 1.82) is 0 Å². The average molecular weight is 389 g/mol. The standard InChI is InChI=1S/C15H14Cl2N2O4S/c1-9-2-3-12(7-14(9)24(18,21)22)19-15(20)8-23-13-5-10(16)4-11(17)6-13/h2-7H,8H2,1H3,(H,19,20)(H2,18,21,22). The molecule has 9 heteroatoms. The summed E-state index contributed by atoms with van der Waals surface area (Å²) in [7, 11) is -3.87. The van der Waals surface area contributed by atoms with Crippen LogP contribution in [0.15, 0.2) is 41.3 Å². The number of halogens is 2. The van der Waals surface area contributed by atoms with Gasteiger partial charge in [-0.25, -0.2) is 13.6 Å². The van der Waals surface area contributed by atoms with Crippen molar-refractivity contribution in [2.24, 2.45) is 5.14 Å². The van der Waals surface area contributed by atoms with Gasteiger partial charge in [-0.1, -0.05) is 29.3 Å². The van der Waals surface area contributed by atoms with Gasteiger partial charge in [-0.2, -0.15) is 0 Å². The molecule has 3 N–H and O–H groups in total. The Morgan fingerprint density at radius 2 is 1.79 bits per heavy atom. The smallest absolute Gasteiger partial charge is 0.262 e. The number of benzene rings is 2. The van der Waals surface area contributed by atoms with Gasteiger partial charge < -0.3 is 10.1 Å². The van der Waals surface area contributed by atoms with Crippen LogP contribution < -0.4 is 15.2 Å². The lowest BCUT2D eigenvalue weighted by molar-refractivity contribution is -0.118. The van der Waals surface area contributed by atoms with E-state index >= 15 is 0 Å². The highest BCUT2D eigenvalue weighted by atomic mass is 35.5. The van der Waals surface area contributed by atoms with Crippen molar-refractivity contribution in [3.63, 3.8) is 0 Å². The second-order valence-corrected chi connectivity index (χ2v) is 7.37. The molecule has 0 heterocycles. The first-order valence-electron chi connectivity index (χ1n) is 6.67. The third-order valence-corrected chi connectivity index (χ3v) is 4.47. The number of hydrogen-bond acceptors (Lipinski definition) is 4. The summed E-state index contributed by atoms with van der Waals surface area (Å²) in [5, 5.41) is 8.43. The predicted octanol–water partition coefficient (Wildman–Crippen LogP) is 2.97. The minimum absolute atomic E-state index is 0.0529. The summed E-state index contributed by atoms with van der Waals surface area (Å²) in [6.07, 6.45) is 0. The quantitative estimate of drug-likeness (QED) is 0.822. The van der Waals surface area contributed by atoms with Crippen molar-refractivity contribution in [1.82, 2.24) is 0 Å². The lowest BCUT2D eigenvalue weighted by atomic mass is 10.2. The number of nitrogens with two attached hydrogens (primary N) is 1. The van der Waals surface area contributed by atoms with Crippen molar-refractivity contribution >= 4 is 44.8 Å². The van der Waals surface area contributed by atoms with Gasteiger partial charge >= 0.3 is 0 Å². The molecule has 0 aliphatic heterocycles. The van der Waals surface area contributed by atoms with E-state index in [2.05, 4.69) is 5.32 Å². The first-order chi connectivity index (χ1) is 11.1. The van der Waals surface area contributed by atoms with Gasteiger partial charge in [-0.15, -0.1) is 0 Å². The second kappa shape index (κ2) is 7.40. The van der Waals surface area contributed by atoms with Crippen LogP contribution in [0.4, 0.5) is 5.69 Å². The number of carbonyl (C=O) groups excluding carboxylic acids is 1. The number of rotatable bonds is 5. The van der Waals surface area contributed by atoms with Gasteiger partial charge in [-0.05, 0) is 42.8 Å². The first-order valence-corrected chi connectivity index (χ1v) is 8.97. The van der Waals surface area contributed by atoms with Crippen molar-refractivity contribution in [2.45, 2.75) is 11.8 Å². The van der Waals surface area contributed by atoms with Crippen molar-refractivity contribution in [3.05, 3.63) is 52.0 Å². The van der Waals surface area contributed by atoms with Crippen LogP contribution in [0.1, 0.15) is 5.56 Å². The molecule has 6 nitrogen and oxygen atoms in total. The molecule has 0 fully saturated rings. The van der Waals surface area contributed by atoms with Crippen molar-refractivity contribution < 1.29 is 17.9 Å². The predicted molar refractivity (Wildman–Crippen MR) is 93.1 cm³/mol. The Balaban J connectivity index is 2.05. The molecule has 0 radical (unpaired) electrons. The van der Waals surface area contributed by atoms with E-state index in [4.69, 9.17) is 33.1 Å². The number of hydrogen-bond donors (Lipinski definition) is 2. The SMILES string of the molecule is Cc1ccc(NC(=O)COc2cc(Cl)cc(Cl)c2)cc1S(N)(=O)=O. The van der Waals surface area contributed by atoms with Crippen LogP contribution in [-0.4, -0.2) is 20.9 Å². The average Bonchev–Trinajstić information content (AvgIpc) is 2.45. The van der Waals surface area contributed by atoms with E-state index in [-0.39, 0.29) is 11.5 Å². The number of aryl methyl sites for hydroxylation is 1. The molecule has 0 unspecified atom stereocenters. The highest BCUT2D eigenvalue weighted by molar-refractivity contribution is 7.89. The van der Waals surface area contributed by atoms with E-state index in [0.717, 1.165) is 0 Å². The third kappa shape index (κ3) is 5.10. The fourth-order valence-electron chi connectivity index (χ4n) is 1.94. The Bertz CT molecular complexity index is 865. The molecule has 24 heavy (non-hydrogen) atoms. The van der Waals surface area contributed by atoms with Crippen LogP contribution in [0.3, 0.4) is 0 Å². The van der Waals surface area contributed by atoms with E-state index in [1.807, 2.05) is 0 Å². The Labute approximate surface area is 149 Å². The number of amides is 1. The molecule has 0 aliphatic rings. The third-order valence-electron chi connectivity index (χ3n) is 2.98. The maximum atomic E-state index is 11.9. The topological polar surface area (TPSA) is 98.5 Å². The number of primary sulfonamides is 1. The first kappa shape index (κ1) is 18.5. The van der Waals surface area contributed by atoms with Gasteiger partial charge in [-0.3, -0.25) is 4.79 Å². The van der Waals surface area contributed by atoms with Crippen LogP contribution in [0, 0.1) is 6.92 Å². The molecule has 2 aromatic carbocycles. The van der Waals surface area contributed by atoms with Crippen LogP contribution in [0.25, 0.3) is 0 Å². The lowest BCUT2D eigenvalue weighted by Crippen LogP contribution is -2.21. The minimum atomic E-state index is -3.87. The van der Waals surface area contributed by atoms with Crippen LogP contribution in [0.5, 0.6) is 5.75 Å². The summed E-state index contributed by atoms with van der Waals surface area (Å²) in [5.74, 6) is -0.132. The Kier molecular flexibility index (Phi) is 5.71. The van der Waals surface area contributed by atoms with E-state index < -0.39 is 15.9 Å². The summed E-state index contributed by atoms with van der Waals surface area (Å²) in [4.78, 5) is 11.9. The zero-order valence-electron chi connectivity index (χ0n) is 12.5. The van der Waals surface area contributed by atoms with E-state index in [1.165, 1.54) is 24.3 Å². The second-order valence-electron chi connectivity index (χ2n) is 4.97. The van der Waals surface area contributed by atoms with Gasteiger partial charge in [0.2, 0.25) is 10.0 Å². The number of nitrogens with one attached hydrogen (secondary N) is 1. The number of sulfonamides is 1. The van der Waals surface area contributed by atoms with Crippen LogP contribution in [-0.2, 0) is 14.8 Å². The van der Waals surface area contributed by atoms with E-state index in [1.54, 1.807) is 19.1 Å². The van der Waals surface area contributed by atoms with Gasteiger partial charge in [0.05, 0.1) is 4.90 Å². The van der Waals surface area contributed by atoms with Crippen LogP contribution >= 0.6 is 23.2 Å². The molecule has 0 saturated carbocycles. The lowest BCUT2D eigenvalue weighted by Gasteiger charge is -2.10. The number of carbonyl (C=O) groups is 1. The summed E-state index contributed by atoms with van der Waals surface area (Å²) < 4.78 is 28.3. The monoisotopic (exact) mass is 388 g/mol. The Morgan fingerprint density at radius 1 is 1.17 bits per heavy atom. The molecule has 0 aliphatic carbocycles. The Morgan fingerprint density at radius 3 is 2.38 bits per heavy atom. The minimum Gasteiger partial charge on any atom is -0.484 e. The van der Waals surface area contributed by atoms with Crippen molar-refractivity contribution in [2.75, 3.05) is 11.9 Å². The maximum Gasteiger partial charge on any atom is 0.262 e. The zero-order valence-corrected chi connectivity index (χ0v) is 14.9. The molecule has 2 rings (SSSR count). The van der Waals surface area contributed by atoms with Gasteiger partial charge in [0.25, 0.3) is 5.91 Å². The number of anilines is 1. The molecule has 0 spiro atoms. The van der Waals surface area contributed by atoms with Gasteiger partial charge in [0.15, 0.2) is 6.61 Å². The molecule has 1 amide bonds. The zero-order chi connectivity index (χ0) is 17.9. The molecule has 0 aromatic heterocycles. The van der Waals surface area contributed by atoms with Gasteiger partial charge in [0, 0.05) is 15.7 Å². The summed E-state index contributed by atoms with van der Waals surface area (Å²) >= 11 is 11.7. The maximum absolute atomic E-state index is 11.9. The molecular weight excluding hydrogens is 375 g/mol. The van der Waals surface area contributed by atoms with E-state index in [9.17, 15) is 13.2 Å². The summed E-state index contributed by atoms with van der Waals surface area (Å²) in [6.45, 7) is 1.31. The van der Waals surface area contributed by atoms with Crippen LogP contribution in [0.2, 0.25) is 10.0 Å².